The van der Waals surface area contributed by atoms with E-state index in [4.69, 9.17) is 2.86 Å². The number of hydrogen-bond donors (Lipinski definition) is 3. The number of hydrogen-bond acceptors (Lipinski definition) is 3. The van der Waals surface area contributed by atoms with Crippen LogP contribution >= 0.6 is 0 Å². The molecular weight excluding hydrogens is 468 g/mol. The largest absolute Gasteiger partial charge is 0.508 e. The Morgan fingerprint density at radius 2 is 0.711 bits per heavy atom. The molecule has 0 amide bonds. The second kappa shape index (κ2) is 9.75. The molecule has 0 radical (unpaired) electrons. The van der Waals surface area contributed by atoms with Crippen molar-refractivity contribution in [1.29, 1.82) is 2.86 Å². The zero-order valence-corrected chi connectivity index (χ0v) is 21.8. The van der Waals surface area contributed by atoms with Crippen LogP contribution in [0, 0.1) is 0 Å². The van der Waals surface area contributed by atoms with Gasteiger partial charge in [0.1, 0.15) is 17.2 Å². The van der Waals surface area contributed by atoms with Crippen molar-refractivity contribution in [2.75, 3.05) is 0 Å². The molecule has 3 N–H and O–H groups in total. The summed E-state index contributed by atoms with van der Waals surface area (Å²) in [6, 6.07) is 39.9. The fourth-order valence-electron chi connectivity index (χ4n) is 5.20. The summed E-state index contributed by atoms with van der Waals surface area (Å²) >= 11 is 0. The van der Waals surface area contributed by atoms with Crippen molar-refractivity contribution in [1.82, 2.24) is 0 Å². The van der Waals surface area contributed by atoms with E-state index in [1.807, 2.05) is 48.5 Å². The topological polar surface area (TPSA) is 60.7 Å². The van der Waals surface area contributed by atoms with E-state index in [1.165, 1.54) is 5.56 Å². The Hall–Kier alpha value is -4.50. The first-order chi connectivity index (χ1) is 19.2. The smallest absolute Gasteiger partial charge is 0.293 e. The third-order valence-electron chi connectivity index (χ3n) is 7.85. The number of phenols is 3. The minimum absolute atomic E-state index is 0.237. The monoisotopic (exact) mass is 502 g/mol. The van der Waals surface area contributed by atoms with Crippen LogP contribution in [0.1, 0.15) is 48.6 Å². The summed E-state index contributed by atoms with van der Waals surface area (Å²) in [6.07, 6.45) is 0. The van der Waals surface area contributed by atoms with Gasteiger partial charge in [-0.25, -0.2) is 0 Å². The first-order valence-corrected chi connectivity index (χ1v) is 12.7. The highest BCUT2D eigenvalue weighted by atomic mass is 16.3. The quantitative estimate of drug-likeness (QED) is 0.188. The van der Waals surface area contributed by atoms with Gasteiger partial charge in [-0.05, 0) is 82.3 Å². The van der Waals surface area contributed by atoms with Gasteiger partial charge in [0.25, 0.3) is 2.86 Å². The van der Waals surface area contributed by atoms with Gasteiger partial charge in [-0.3, -0.25) is 0 Å². The number of phenolic OH excluding ortho intramolecular Hbond substituents is 3. The van der Waals surface area contributed by atoms with Gasteiger partial charge >= 0.3 is 0 Å². The minimum atomic E-state index is -0.467. The van der Waals surface area contributed by atoms with Crippen molar-refractivity contribution < 1.29 is 15.3 Å². The summed E-state index contributed by atoms with van der Waals surface area (Å²) in [4.78, 5) is 0. The van der Waals surface area contributed by atoms with Crippen molar-refractivity contribution in [3.63, 3.8) is 0 Å². The van der Waals surface area contributed by atoms with Crippen LogP contribution in [-0.4, -0.2) is 18.2 Å². The summed E-state index contributed by atoms with van der Waals surface area (Å²) in [5.74, 6) is 1.26. The van der Waals surface area contributed by atoms with E-state index in [9.17, 15) is 5.11 Å². The van der Waals surface area contributed by atoms with Gasteiger partial charge < -0.3 is 15.3 Å². The Morgan fingerprint density at radius 3 is 1.16 bits per heavy atom. The molecule has 0 aliphatic carbocycles. The third kappa shape index (κ3) is 4.64. The highest BCUT2D eigenvalue weighted by Crippen LogP contribution is 2.41. The van der Waals surface area contributed by atoms with E-state index in [0.717, 1.165) is 33.4 Å². The molecular formula is C35H32O3. The molecule has 0 heterocycles. The summed E-state index contributed by atoms with van der Waals surface area (Å²) in [7, 11) is 0. The molecule has 3 heteroatoms. The Kier molecular flexibility index (Phi) is 5.82. The maximum atomic E-state index is 9.99. The van der Waals surface area contributed by atoms with Crippen molar-refractivity contribution in [3.05, 3.63) is 149 Å². The molecule has 5 aromatic rings. The zero-order valence-electron chi connectivity index (χ0n) is 23.8. The van der Waals surface area contributed by atoms with Crippen molar-refractivity contribution in [3.8, 4) is 28.4 Å². The fourth-order valence-corrected chi connectivity index (χ4v) is 5.20. The molecule has 3 nitrogen and oxygen atoms in total. The molecule has 0 aromatic heterocycles. The molecule has 1 unspecified atom stereocenters. The van der Waals surface area contributed by atoms with Crippen LogP contribution < -0.4 is 0 Å². The van der Waals surface area contributed by atoms with E-state index in [-0.39, 0.29) is 11.2 Å². The van der Waals surface area contributed by atoms with Crippen LogP contribution in [0.4, 0.5) is 0 Å². The molecule has 0 fully saturated rings. The second-order valence-corrected chi connectivity index (χ2v) is 10.5. The summed E-state index contributed by atoms with van der Waals surface area (Å²) in [6.45, 7) is 6.60. The molecule has 38 heavy (non-hydrogen) atoms. The lowest BCUT2D eigenvalue weighted by atomic mass is 9.70. The van der Waals surface area contributed by atoms with Gasteiger partial charge in [-0.1, -0.05) is 98.8 Å². The SMILES string of the molecule is [2H]Oc1ccc(-c2ccc(C(C)(c3ccc(O)cc3)c3ccc(C(C)(C)c4ccc(O[2H])cc4)cc3)cc2)cc1. The van der Waals surface area contributed by atoms with Gasteiger partial charge in [-0.2, -0.15) is 0 Å². The van der Waals surface area contributed by atoms with Crippen LogP contribution in [0.2, 0.25) is 0 Å². The number of rotatable bonds is 8. The average Bonchev–Trinajstić information content (AvgIpc) is 3.01. The number of aromatic hydroxyl groups is 3. The highest BCUT2D eigenvalue weighted by molar-refractivity contribution is 5.65. The number of benzene rings is 5. The molecule has 0 bridgehead atoms. The molecule has 0 aliphatic rings. The van der Waals surface area contributed by atoms with Crippen LogP contribution in [0.3, 0.4) is 0 Å². The normalized spacial score (nSPS) is 13.7. The predicted molar refractivity (Wildman–Crippen MR) is 154 cm³/mol. The average molecular weight is 503 g/mol. The minimum Gasteiger partial charge on any atom is -0.508 e. The van der Waals surface area contributed by atoms with Gasteiger partial charge in [-0.15, -0.1) is 0 Å². The van der Waals surface area contributed by atoms with Crippen molar-refractivity contribution in [2.24, 2.45) is 0 Å². The van der Waals surface area contributed by atoms with Gasteiger partial charge in [0, 0.05) is 10.8 Å². The van der Waals surface area contributed by atoms with Crippen LogP contribution in [0.25, 0.3) is 11.1 Å². The Balaban J connectivity index is 1.53. The first kappa shape index (κ1) is 22.7. The summed E-state index contributed by atoms with van der Waals surface area (Å²) in [5.41, 5.74) is 7.08. The Bertz CT molecular complexity index is 1560. The van der Waals surface area contributed by atoms with Gasteiger partial charge in [0.05, 0.1) is 0 Å². The van der Waals surface area contributed by atoms with E-state index in [2.05, 4.69) is 79.5 Å². The van der Waals surface area contributed by atoms with E-state index >= 15 is 0 Å². The highest BCUT2D eigenvalue weighted by Gasteiger charge is 2.32. The predicted octanol–water partition coefficient (Wildman–Crippen LogP) is 8.15. The maximum Gasteiger partial charge on any atom is 0.293 e. The van der Waals surface area contributed by atoms with E-state index < -0.39 is 5.41 Å². The lowest BCUT2D eigenvalue weighted by Crippen LogP contribution is -2.26. The Labute approximate surface area is 227 Å². The first-order valence-electron chi connectivity index (χ1n) is 13.6. The molecule has 0 saturated heterocycles. The fraction of sp³-hybridized carbons (Fsp3) is 0.143. The van der Waals surface area contributed by atoms with Crippen LogP contribution in [-0.2, 0) is 10.8 Å². The van der Waals surface area contributed by atoms with Gasteiger partial charge in [0.2, 0.25) is 0 Å². The third-order valence-corrected chi connectivity index (χ3v) is 7.85. The lowest BCUT2D eigenvalue weighted by Gasteiger charge is -2.33. The molecule has 0 aliphatic heterocycles. The summed E-state index contributed by atoms with van der Waals surface area (Å²) < 4.78 is 14.2. The lowest BCUT2D eigenvalue weighted by molar-refractivity contribution is 0.474. The zero-order chi connectivity index (χ0) is 28.3. The molecule has 5 aromatic carbocycles. The van der Waals surface area contributed by atoms with Crippen molar-refractivity contribution in [2.45, 2.75) is 31.6 Å². The van der Waals surface area contributed by atoms with E-state index in [0.29, 0.717) is 11.5 Å². The van der Waals surface area contributed by atoms with Crippen LogP contribution in [0.15, 0.2) is 121 Å². The standard InChI is InChI=1S/C35H32O3/c1-34(2,27-14-20-32(37)21-15-27)26-10-12-29(13-11-26)35(3,30-16-22-33(38)23-17-30)28-8-4-24(5-9-28)25-6-18-31(36)19-7-25/h4-23,36-38H,1-3H3/i/hD2. The van der Waals surface area contributed by atoms with Gasteiger partial charge in [0.15, 0.2) is 0 Å². The molecule has 190 valence electrons. The van der Waals surface area contributed by atoms with E-state index in [1.54, 1.807) is 24.3 Å². The summed E-state index contributed by atoms with van der Waals surface area (Å²) in [5, 5.41) is 19.1. The van der Waals surface area contributed by atoms with Crippen molar-refractivity contribution >= 4 is 0 Å². The molecule has 0 spiro atoms. The molecule has 0 saturated carbocycles. The molecule has 1 atom stereocenters. The maximum absolute atomic E-state index is 9.99. The molecule has 5 rings (SSSR count). The second-order valence-electron chi connectivity index (χ2n) is 10.5. The van der Waals surface area contributed by atoms with Crippen LogP contribution in [0.5, 0.6) is 17.2 Å². The Morgan fingerprint density at radius 1 is 0.421 bits per heavy atom.